The highest BCUT2D eigenvalue weighted by Crippen LogP contribution is 2.30. The molecule has 0 aliphatic carbocycles. The van der Waals surface area contributed by atoms with Crippen LogP contribution in [0.3, 0.4) is 0 Å². The molecule has 88 valence electrons. The predicted octanol–water partition coefficient (Wildman–Crippen LogP) is 4.37. The van der Waals surface area contributed by atoms with E-state index in [9.17, 15) is 9.18 Å². The van der Waals surface area contributed by atoms with Gasteiger partial charge in [-0.15, -0.1) is 0 Å². The van der Waals surface area contributed by atoms with E-state index in [0.29, 0.717) is 17.5 Å². The van der Waals surface area contributed by atoms with Crippen LogP contribution in [0.15, 0.2) is 12.1 Å². The summed E-state index contributed by atoms with van der Waals surface area (Å²) in [5, 5.41) is 0.0178. The molecule has 0 aliphatic heterocycles. The minimum Gasteiger partial charge on any atom is -0.294 e. The number of ketones is 1. The van der Waals surface area contributed by atoms with Crippen molar-refractivity contribution in [2.75, 3.05) is 0 Å². The number of carbonyl (C=O) groups excluding carboxylic acids is 1. The Morgan fingerprint density at radius 2 is 1.94 bits per heavy atom. The fraction of sp³-hybridized carbons (Fsp3) is 0.462. The van der Waals surface area contributed by atoms with Gasteiger partial charge < -0.3 is 0 Å². The maximum absolute atomic E-state index is 13.8. The molecule has 3 heteroatoms. The summed E-state index contributed by atoms with van der Waals surface area (Å²) in [6.45, 7) is 7.45. The molecule has 0 spiro atoms. The molecule has 0 saturated carbocycles. The molecular weight excluding hydrogens is 227 g/mol. The number of halogens is 2. The first-order valence-electron chi connectivity index (χ1n) is 5.30. The summed E-state index contributed by atoms with van der Waals surface area (Å²) in [6.07, 6.45) is 0.394. The zero-order valence-electron chi connectivity index (χ0n) is 10.0. The van der Waals surface area contributed by atoms with Crippen molar-refractivity contribution < 1.29 is 9.18 Å². The Hall–Kier alpha value is -0.890. The number of hydrogen-bond acceptors (Lipinski definition) is 1. The molecule has 0 N–H and O–H groups in total. The van der Waals surface area contributed by atoms with Crippen molar-refractivity contribution in [3.05, 3.63) is 34.1 Å². The van der Waals surface area contributed by atoms with Crippen LogP contribution in [0.4, 0.5) is 4.39 Å². The molecule has 0 aliphatic rings. The van der Waals surface area contributed by atoms with Crippen molar-refractivity contribution in [3.63, 3.8) is 0 Å². The Bertz CT molecular complexity index is 419. The van der Waals surface area contributed by atoms with Gasteiger partial charge in [-0.2, -0.15) is 0 Å². The van der Waals surface area contributed by atoms with Gasteiger partial charge in [0.15, 0.2) is 5.78 Å². The van der Waals surface area contributed by atoms with E-state index in [4.69, 9.17) is 11.6 Å². The van der Waals surface area contributed by atoms with Crippen LogP contribution >= 0.6 is 11.6 Å². The van der Waals surface area contributed by atoms with Crippen molar-refractivity contribution in [2.45, 2.75) is 39.5 Å². The van der Waals surface area contributed by atoms with Gasteiger partial charge in [-0.3, -0.25) is 4.79 Å². The Balaban J connectivity index is 3.39. The second-order valence-electron chi connectivity index (χ2n) is 4.85. The highest BCUT2D eigenvalue weighted by molar-refractivity contribution is 6.31. The van der Waals surface area contributed by atoms with Crippen LogP contribution < -0.4 is 0 Å². The van der Waals surface area contributed by atoms with Gasteiger partial charge in [0.05, 0.1) is 5.02 Å². The number of rotatable bonds is 2. The van der Waals surface area contributed by atoms with Crippen LogP contribution in [-0.4, -0.2) is 5.78 Å². The summed E-state index contributed by atoms with van der Waals surface area (Å²) in [7, 11) is 0. The molecule has 0 unspecified atom stereocenters. The van der Waals surface area contributed by atoms with E-state index < -0.39 is 5.82 Å². The Morgan fingerprint density at radius 3 is 2.38 bits per heavy atom. The van der Waals surface area contributed by atoms with Gasteiger partial charge >= 0.3 is 0 Å². The number of hydrogen-bond donors (Lipinski definition) is 0. The lowest BCUT2D eigenvalue weighted by molar-refractivity contribution is 0.0988. The first-order chi connectivity index (χ1) is 7.27. The second kappa shape index (κ2) is 4.54. The molecule has 0 atom stereocenters. The monoisotopic (exact) mass is 242 g/mol. The molecular formula is C13H16ClFO. The van der Waals surface area contributed by atoms with Crippen LogP contribution in [0.5, 0.6) is 0 Å². The number of carbonyl (C=O) groups is 1. The maximum atomic E-state index is 13.8. The zero-order chi connectivity index (χ0) is 12.5. The largest absolute Gasteiger partial charge is 0.294 e. The van der Waals surface area contributed by atoms with E-state index in [2.05, 4.69) is 0 Å². The third-order valence-electron chi connectivity index (χ3n) is 2.48. The summed E-state index contributed by atoms with van der Waals surface area (Å²) >= 11 is 5.80. The van der Waals surface area contributed by atoms with Gasteiger partial charge in [-0.05, 0) is 23.1 Å². The lowest BCUT2D eigenvalue weighted by Crippen LogP contribution is -2.15. The summed E-state index contributed by atoms with van der Waals surface area (Å²) < 4.78 is 13.8. The van der Waals surface area contributed by atoms with Gasteiger partial charge in [-0.25, -0.2) is 4.39 Å². The van der Waals surface area contributed by atoms with Crippen LogP contribution in [0.2, 0.25) is 5.02 Å². The third-order valence-corrected chi connectivity index (χ3v) is 2.75. The highest BCUT2D eigenvalue weighted by atomic mass is 35.5. The van der Waals surface area contributed by atoms with E-state index in [0.717, 1.165) is 0 Å². The van der Waals surface area contributed by atoms with Crippen molar-refractivity contribution in [1.29, 1.82) is 0 Å². The number of benzene rings is 1. The molecule has 1 aromatic carbocycles. The fourth-order valence-electron chi connectivity index (χ4n) is 1.50. The second-order valence-corrected chi connectivity index (χ2v) is 5.25. The van der Waals surface area contributed by atoms with Crippen molar-refractivity contribution in [1.82, 2.24) is 0 Å². The fourth-order valence-corrected chi connectivity index (χ4v) is 1.72. The van der Waals surface area contributed by atoms with Crippen molar-refractivity contribution in [2.24, 2.45) is 0 Å². The molecule has 1 nitrogen and oxygen atoms in total. The molecule has 1 aromatic rings. The van der Waals surface area contributed by atoms with E-state index in [1.807, 2.05) is 20.8 Å². The average Bonchev–Trinajstić information content (AvgIpc) is 2.18. The Kier molecular flexibility index (Phi) is 3.74. The molecule has 0 fully saturated rings. The topological polar surface area (TPSA) is 17.1 Å². The van der Waals surface area contributed by atoms with E-state index in [1.54, 1.807) is 13.0 Å². The molecule has 16 heavy (non-hydrogen) atoms. The number of Topliss-reactive ketones (excluding diaryl/α,β-unsaturated/α-hetero) is 1. The lowest BCUT2D eigenvalue weighted by Gasteiger charge is -2.21. The van der Waals surface area contributed by atoms with Gasteiger partial charge in [0.25, 0.3) is 0 Å². The van der Waals surface area contributed by atoms with E-state index in [1.165, 1.54) is 6.07 Å². The quantitative estimate of drug-likeness (QED) is 0.704. The van der Waals surface area contributed by atoms with Gasteiger partial charge in [0.1, 0.15) is 5.82 Å². The highest BCUT2D eigenvalue weighted by Gasteiger charge is 2.22. The molecule has 0 amide bonds. The third kappa shape index (κ3) is 2.62. The Morgan fingerprint density at radius 1 is 1.38 bits per heavy atom. The van der Waals surface area contributed by atoms with E-state index in [-0.39, 0.29) is 16.2 Å². The van der Waals surface area contributed by atoms with Crippen molar-refractivity contribution >= 4 is 17.4 Å². The van der Waals surface area contributed by atoms with Crippen LogP contribution in [-0.2, 0) is 5.41 Å². The minimum atomic E-state index is -0.429. The van der Waals surface area contributed by atoms with E-state index >= 15 is 0 Å². The van der Waals surface area contributed by atoms with Gasteiger partial charge in [0, 0.05) is 12.0 Å². The van der Waals surface area contributed by atoms with Crippen LogP contribution in [0, 0.1) is 5.82 Å². The van der Waals surface area contributed by atoms with Crippen LogP contribution in [0.25, 0.3) is 0 Å². The van der Waals surface area contributed by atoms with Crippen molar-refractivity contribution in [3.8, 4) is 0 Å². The van der Waals surface area contributed by atoms with Gasteiger partial charge in [-0.1, -0.05) is 39.3 Å². The normalized spacial score (nSPS) is 11.6. The summed E-state index contributed by atoms with van der Waals surface area (Å²) in [5.74, 6) is -0.450. The first-order valence-corrected chi connectivity index (χ1v) is 5.68. The molecule has 0 bridgehead atoms. The molecule has 1 rings (SSSR count). The summed E-state index contributed by atoms with van der Waals surface area (Å²) in [4.78, 5) is 11.6. The minimum absolute atomic E-state index is 0.0178. The molecule has 0 radical (unpaired) electrons. The SMILES string of the molecule is CCC(=O)c1cc(Cl)c(F)c(C(C)(C)C)c1. The average molecular weight is 243 g/mol. The van der Waals surface area contributed by atoms with Crippen LogP contribution in [0.1, 0.15) is 50.0 Å². The Labute approximate surface area is 101 Å². The molecule has 0 saturated heterocycles. The molecule has 0 aromatic heterocycles. The van der Waals surface area contributed by atoms with Gasteiger partial charge in [0.2, 0.25) is 0 Å². The lowest BCUT2D eigenvalue weighted by atomic mass is 9.85. The standard InChI is InChI=1S/C13H16ClFO/c1-5-11(16)8-6-9(13(2,3)4)12(15)10(14)7-8/h6-7H,5H2,1-4H3. The summed E-state index contributed by atoms with van der Waals surface area (Å²) in [6, 6.07) is 3.00. The predicted molar refractivity (Wildman–Crippen MR) is 64.7 cm³/mol. The smallest absolute Gasteiger partial charge is 0.162 e. The zero-order valence-corrected chi connectivity index (χ0v) is 10.8. The first kappa shape index (κ1) is 13.2. The molecule has 0 heterocycles. The summed E-state index contributed by atoms with van der Waals surface area (Å²) in [5.41, 5.74) is 0.605. The maximum Gasteiger partial charge on any atom is 0.162 e.